The minimum absolute atomic E-state index is 0.0705. The molecule has 5 rings (SSSR count). The van der Waals surface area contributed by atoms with Gasteiger partial charge in [-0.25, -0.2) is 4.90 Å². The highest BCUT2D eigenvalue weighted by Crippen LogP contribution is 2.40. The third-order valence-corrected chi connectivity index (χ3v) is 6.33. The van der Waals surface area contributed by atoms with Crippen LogP contribution >= 0.6 is 11.6 Å². The van der Waals surface area contributed by atoms with E-state index in [1.165, 1.54) is 17.0 Å². The summed E-state index contributed by atoms with van der Waals surface area (Å²) < 4.78 is 0. The van der Waals surface area contributed by atoms with Gasteiger partial charge in [-0.2, -0.15) is 5.10 Å². The molecule has 0 unspecified atom stereocenters. The summed E-state index contributed by atoms with van der Waals surface area (Å²) in [6.45, 7) is 1.76. The van der Waals surface area contributed by atoms with Gasteiger partial charge in [0.2, 0.25) is 5.91 Å². The van der Waals surface area contributed by atoms with Crippen LogP contribution in [0.4, 0.5) is 17.1 Å². The van der Waals surface area contributed by atoms with Crippen LogP contribution in [-0.4, -0.2) is 28.5 Å². The molecule has 0 bridgehead atoms. The maximum atomic E-state index is 13.6. The molecule has 2 amide bonds. The van der Waals surface area contributed by atoms with Gasteiger partial charge < -0.3 is 0 Å². The summed E-state index contributed by atoms with van der Waals surface area (Å²) in [6.07, 6.45) is 0. The summed E-state index contributed by atoms with van der Waals surface area (Å²) in [5.41, 5.74) is 2.58. The number of benzene rings is 3. The largest absolute Gasteiger partial charge is 0.273 e. The first-order chi connectivity index (χ1) is 15.9. The van der Waals surface area contributed by atoms with E-state index in [1.54, 1.807) is 42.3 Å². The number of hydrazone groups is 1. The van der Waals surface area contributed by atoms with Gasteiger partial charge in [-0.05, 0) is 54.4 Å². The molecule has 2 aliphatic heterocycles. The highest BCUT2D eigenvalue weighted by Gasteiger charge is 2.57. The topological polar surface area (TPSA) is 96.1 Å². The van der Waals surface area contributed by atoms with Crippen LogP contribution in [-0.2, 0) is 9.59 Å². The van der Waals surface area contributed by atoms with Gasteiger partial charge in [0.05, 0.1) is 22.0 Å². The molecule has 0 aromatic heterocycles. The summed E-state index contributed by atoms with van der Waals surface area (Å²) in [5, 5.41) is 17.7. The first kappa shape index (κ1) is 20.8. The molecular weight excluding hydrogens is 444 g/mol. The van der Waals surface area contributed by atoms with Crippen molar-refractivity contribution in [3.8, 4) is 0 Å². The Balaban J connectivity index is 1.63. The zero-order valence-corrected chi connectivity index (χ0v) is 18.1. The van der Waals surface area contributed by atoms with Crippen LogP contribution in [0.25, 0.3) is 0 Å². The molecule has 9 heteroatoms. The second kappa shape index (κ2) is 7.83. The summed E-state index contributed by atoms with van der Waals surface area (Å²) in [4.78, 5) is 39.0. The molecule has 1 saturated heterocycles. The van der Waals surface area contributed by atoms with Gasteiger partial charge in [0.25, 0.3) is 11.6 Å². The molecule has 0 spiro atoms. The molecular formula is C24H17ClN4O4. The maximum absolute atomic E-state index is 13.6. The van der Waals surface area contributed by atoms with E-state index in [-0.39, 0.29) is 5.69 Å². The Bertz CT molecular complexity index is 1320. The number of fused-ring (bicyclic) bond motifs is 1. The molecule has 33 heavy (non-hydrogen) atoms. The number of carbonyl (C=O) groups excluding carboxylic acids is 2. The molecule has 2 atom stereocenters. The number of nitrogens with zero attached hydrogens (tertiary/aromatic N) is 4. The van der Waals surface area contributed by atoms with Gasteiger partial charge in [-0.3, -0.25) is 24.7 Å². The fourth-order valence-corrected chi connectivity index (χ4v) is 4.45. The fraction of sp³-hybridized carbons (Fsp3) is 0.125. The standard InChI is InChI=1S/C24H17ClN4O4/c1-14-18(25)8-5-9-19(14)27-23(30)20-21(15-10-12-17(13-11-15)29(32)33)26-28(22(20)24(27)31)16-6-3-2-4-7-16/h2-13,20,22H,1H3/t20-,22-/m1/s1. The summed E-state index contributed by atoms with van der Waals surface area (Å²) >= 11 is 6.26. The van der Waals surface area contributed by atoms with Gasteiger partial charge >= 0.3 is 0 Å². The van der Waals surface area contributed by atoms with Crippen molar-refractivity contribution in [2.45, 2.75) is 13.0 Å². The summed E-state index contributed by atoms with van der Waals surface area (Å²) in [6, 6.07) is 19.1. The SMILES string of the molecule is Cc1c(Cl)cccc1N1C(=O)[C@@H]2C(c3ccc([N+](=O)[O-])cc3)=NN(c3ccccc3)[C@H]2C1=O. The van der Waals surface area contributed by atoms with Gasteiger partial charge in [-0.1, -0.05) is 35.9 Å². The van der Waals surface area contributed by atoms with Crippen LogP contribution in [0.5, 0.6) is 0 Å². The number of anilines is 2. The van der Waals surface area contributed by atoms with Gasteiger partial charge in [0.15, 0.2) is 0 Å². The van der Waals surface area contributed by atoms with Crippen LogP contribution in [0.3, 0.4) is 0 Å². The van der Waals surface area contributed by atoms with Crippen LogP contribution in [0.2, 0.25) is 5.02 Å². The van der Waals surface area contributed by atoms with Gasteiger partial charge in [0.1, 0.15) is 12.0 Å². The minimum Gasteiger partial charge on any atom is -0.273 e. The molecule has 0 N–H and O–H groups in total. The predicted octanol–water partition coefficient (Wildman–Crippen LogP) is 4.34. The van der Waals surface area contributed by atoms with Crippen LogP contribution < -0.4 is 9.91 Å². The lowest BCUT2D eigenvalue weighted by molar-refractivity contribution is -0.384. The zero-order valence-electron chi connectivity index (χ0n) is 17.4. The van der Waals surface area contributed by atoms with Crippen LogP contribution in [0.15, 0.2) is 77.9 Å². The molecule has 2 heterocycles. The Morgan fingerprint density at radius 2 is 1.64 bits per heavy atom. The highest BCUT2D eigenvalue weighted by molar-refractivity contribution is 6.36. The Kier molecular flexibility index (Phi) is 4.94. The van der Waals surface area contributed by atoms with Crippen molar-refractivity contribution in [1.82, 2.24) is 0 Å². The normalized spacial score (nSPS) is 19.6. The quantitative estimate of drug-likeness (QED) is 0.328. The Labute approximate surface area is 193 Å². The van der Waals surface area contributed by atoms with E-state index in [9.17, 15) is 19.7 Å². The maximum Gasteiger partial charge on any atom is 0.269 e. The van der Waals surface area contributed by atoms with Crippen molar-refractivity contribution in [2.75, 3.05) is 9.91 Å². The lowest BCUT2D eigenvalue weighted by atomic mass is 9.92. The monoisotopic (exact) mass is 460 g/mol. The first-order valence-electron chi connectivity index (χ1n) is 10.2. The number of carbonyl (C=O) groups is 2. The molecule has 2 aliphatic rings. The van der Waals surface area contributed by atoms with E-state index < -0.39 is 28.7 Å². The van der Waals surface area contributed by atoms with E-state index >= 15 is 0 Å². The third kappa shape index (κ3) is 3.27. The van der Waals surface area contributed by atoms with Gasteiger partial charge in [-0.15, -0.1) is 0 Å². The number of nitro benzene ring substituents is 1. The smallest absolute Gasteiger partial charge is 0.269 e. The Morgan fingerprint density at radius 1 is 0.939 bits per heavy atom. The summed E-state index contributed by atoms with van der Waals surface area (Å²) in [7, 11) is 0. The van der Waals surface area contributed by atoms with Crippen molar-refractivity contribution in [1.29, 1.82) is 0 Å². The Hall–Kier alpha value is -4.04. The van der Waals surface area contributed by atoms with E-state index in [1.807, 2.05) is 30.3 Å². The van der Waals surface area contributed by atoms with E-state index in [0.717, 1.165) is 0 Å². The first-order valence-corrected chi connectivity index (χ1v) is 10.6. The minimum atomic E-state index is -0.872. The number of rotatable bonds is 4. The van der Waals surface area contributed by atoms with E-state index in [0.29, 0.717) is 33.2 Å². The number of hydrogen-bond acceptors (Lipinski definition) is 6. The lowest BCUT2D eigenvalue weighted by Gasteiger charge is -2.23. The molecule has 0 radical (unpaired) electrons. The second-order valence-corrected chi connectivity index (χ2v) is 8.19. The molecule has 0 aliphatic carbocycles. The van der Waals surface area contributed by atoms with Crippen LogP contribution in [0, 0.1) is 23.0 Å². The average molecular weight is 461 g/mol. The van der Waals surface area contributed by atoms with Gasteiger partial charge in [0, 0.05) is 17.2 Å². The number of hydrogen-bond donors (Lipinski definition) is 0. The zero-order chi connectivity index (χ0) is 23.3. The number of para-hydroxylation sites is 1. The fourth-order valence-electron chi connectivity index (χ4n) is 4.28. The highest BCUT2D eigenvalue weighted by atomic mass is 35.5. The predicted molar refractivity (Wildman–Crippen MR) is 125 cm³/mol. The molecule has 164 valence electrons. The lowest BCUT2D eigenvalue weighted by Crippen LogP contribution is -2.39. The number of amides is 2. The molecule has 3 aromatic carbocycles. The van der Waals surface area contributed by atoms with Crippen molar-refractivity contribution in [2.24, 2.45) is 11.0 Å². The van der Waals surface area contributed by atoms with Crippen LogP contribution in [0.1, 0.15) is 11.1 Å². The third-order valence-electron chi connectivity index (χ3n) is 5.92. The average Bonchev–Trinajstić information content (AvgIpc) is 3.33. The number of halogens is 1. The van der Waals surface area contributed by atoms with Crippen molar-refractivity contribution < 1.29 is 14.5 Å². The number of nitro groups is 1. The molecule has 3 aromatic rings. The van der Waals surface area contributed by atoms with Crippen molar-refractivity contribution >= 4 is 46.2 Å². The second-order valence-electron chi connectivity index (χ2n) is 7.79. The molecule has 0 saturated carbocycles. The van der Waals surface area contributed by atoms with E-state index in [4.69, 9.17) is 11.6 Å². The van der Waals surface area contributed by atoms with Crippen molar-refractivity contribution in [3.63, 3.8) is 0 Å². The molecule has 1 fully saturated rings. The Morgan fingerprint density at radius 3 is 2.30 bits per heavy atom. The summed E-state index contributed by atoms with van der Waals surface area (Å²) in [5.74, 6) is -1.68. The number of non-ortho nitro benzene ring substituents is 1. The molecule has 8 nitrogen and oxygen atoms in total. The number of imide groups is 1. The van der Waals surface area contributed by atoms with Crippen molar-refractivity contribution in [3.05, 3.63) is 99.1 Å². The van der Waals surface area contributed by atoms with E-state index in [2.05, 4.69) is 5.10 Å².